The molecule has 7 nitrogen and oxygen atoms in total. The van der Waals surface area contributed by atoms with Crippen LogP contribution in [-0.2, 0) is 23.0 Å². The van der Waals surface area contributed by atoms with Gasteiger partial charge < -0.3 is 4.74 Å². The molecule has 0 saturated carbocycles. The monoisotopic (exact) mass is 399 g/mol. The number of ether oxygens (including phenoxy) is 1. The molecule has 2 N–H and O–H groups in total. The summed E-state index contributed by atoms with van der Waals surface area (Å²) in [5, 5.41) is 6.29. The zero-order valence-corrected chi connectivity index (χ0v) is 16.4. The summed E-state index contributed by atoms with van der Waals surface area (Å²) < 4.78 is 32.7. The predicted molar refractivity (Wildman–Crippen MR) is 106 cm³/mol. The van der Waals surface area contributed by atoms with Gasteiger partial charge in [0.05, 0.1) is 17.7 Å². The van der Waals surface area contributed by atoms with Crippen molar-refractivity contribution in [1.29, 1.82) is 0 Å². The molecule has 3 aromatic rings. The van der Waals surface area contributed by atoms with Crippen molar-refractivity contribution in [3.8, 4) is 5.75 Å². The fourth-order valence-corrected chi connectivity index (χ4v) is 3.72. The van der Waals surface area contributed by atoms with Gasteiger partial charge in [-0.05, 0) is 48.4 Å². The lowest BCUT2D eigenvalue weighted by Gasteiger charge is -2.09. The standard InChI is InChI=1S/C20H21N3O4S/c1-14-11-17(20(24)23-22-14)12-15-5-9-19(10-6-15)28(25,26)21-13-16-3-7-18(27-2)8-4-16/h3-11,21H,12-13H2,1-2H3,(H,23,24). The van der Waals surface area contributed by atoms with E-state index in [4.69, 9.17) is 4.74 Å². The number of benzene rings is 2. The maximum atomic E-state index is 12.5. The third kappa shape index (κ3) is 4.85. The van der Waals surface area contributed by atoms with Crippen LogP contribution in [-0.4, -0.2) is 25.7 Å². The number of rotatable bonds is 7. The Hall–Kier alpha value is -2.97. The molecule has 2 aromatic carbocycles. The van der Waals surface area contributed by atoms with Gasteiger partial charge in [0.25, 0.3) is 5.56 Å². The molecule has 0 atom stereocenters. The highest BCUT2D eigenvalue weighted by Crippen LogP contribution is 2.15. The van der Waals surface area contributed by atoms with E-state index in [1.807, 2.05) is 0 Å². The average molecular weight is 399 g/mol. The minimum absolute atomic E-state index is 0.171. The van der Waals surface area contributed by atoms with Crippen LogP contribution in [0.2, 0.25) is 0 Å². The summed E-state index contributed by atoms with van der Waals surface area (Å²) in [6.45, 7) is 1.98. The molecule has 0 fully saturated rings. The van der Waals surface area contributed by atoms with Crippen molar-refractivity contribution in [3.05, 3.63) is 87.3 Å². The van der Waals surface area contributed by atoms with E-state index >= 15 is 0 Å². The zero-order valence-electron chi connectivity index (χ0n) is 15.6. The summed E-state index contributed by atoms with van der Waals surface area (Å²) in [7, 11) is -2.06. The van der Waals surface area contributed by atoms with Crippen molar-refractivity contribution in [3.63, 3.8) is 0 Å². The molecule has 0 saturated heterocycles. The van der Waals surface area contributed by atoms with Crippen LogP contribution in [0.15, 0.2) is 64.3 Å². The van der Waals surface area contributed by atoms with Crippen LogP contribution in [0.5, 0.6) is 5.75 Å². The van der Waals surface area contributed by atoms with E-state index in [9.17, 15) is 13.2 Å². The van der Waals surface area contributed by atoms with Gasteiger partial charge in [-0.25, -0.2) is 18.2 Å². The van der Waals surface area contributed by atoms with Gasteiger partial charge in [0.1, 0.15) is 5.75 Å². The number of nitrogens with zero attached hydrogens (tertiary/aromatic N) is 1. The molecule has 1 heterocycles. The fourth-order valence-electron chi connectivity index (χ4n) is 2.70. The van der Waals surface area contributed by atoms with Gasteiger partial charge in [0.15, 0.2) is 0 Å². The van der Waals surface area contributed by atoms with Crippen molar-refractivity contribution in [2.24, 2.45) is 0 Å². The SMILES string of the molecule is COc1ccc(CNS(=O)(=O)c2ccc(Cc3cc(C)n[nH]c3=O)cc2)cc1. The van der Waals surface area contributed by atoms with E-state index in [0.29, 0.717) is 17.7 Å². The van der Waals surface area contributed by atoms with Crippen molar-refractivity contribution >= 4 is 10.0 Å². The fraction of sp³-hybridized carbons (Fsp3) is 0.200. The second-order valence-corrected chi connectivity index (χ2v) is 8.12. The lowest BCUT2D eigenvalue weighted by atomic mass is 10.1. The molecule has 0 bridgehead atoms. The normalized spacial score (nSPS) is 11.4. The summed E-state index contributed by atoms with van der Waals surface area (Å²) >= 11 is 0. The molecule has 8 heteroatoms. The maximum absolute atomic E-state index is 12.5. The number of hydrogen-bond donors (Lipinski definition) is 2. The van der Waals surface area contributed by atoms with Crippen molar-refractivity contribution in [1.82, 2.24) is 14.9 Å². The van der Waals surface area contributed by atoms with Gasteiger partial charge >= 0.3 is 0 Å². The topological polar surface area (TPSA) is 101 Å². The van der Waals surface area contributed by atoms with Crippen molar-refractivity contribution in [2.75, 3.05) is 7.11 Å². The summed E-state index contributed by atoms with van der Waals surface area (Å²) in [5.41, 5.74) is 2.72. The summed E-state index contributed by atoms with van der Waals surface area (Å²) in [6, 6.07) is 15.4. The van der Waals surface area contributed by atoms with E-state index in [2.05, 4.69) is 14.9 Å². The van der Waals surface area contributed by atoms with E-state index < -0.39 is 10.0 Å². The Morgan fingerprint density at radius 1 is 1.04 bits per heavy atom. The zero-order chi connectivity index (χ0) is 20.1. The molecule has 0 aliphatic heterocycles. The highest BCUT2D eigenvalue weighted by atomic mass is 32.2. The Morgan fingerprint density at radius 2 is 1.68 bits per heavy atom. The third-order valence-corrected chi connectivity index (χ3v) is 5.68. The maximum Gasteiger partial charge on any atom is 0.267 e. The van der Waals surface area contributed by atoms with Gasteiger partial charge in [-0.1, -0.05) is 24.3 Å². The van der Waals surface area contributed by atoms with Gasteiger partial charge in [-0.2, -0.15) is 5.10 Å². The van der Waals surface area contributed by atoms with Gasteiger partial charge in [-0.15, -0.1) is 0 Å². The second-order valence-electron chi connectivity index (χ2n) is 6.36. The van der Waals surface area contributed by atoms with Crippen LogP contribution in [0, 0.1) is 6.92 Å². The lowest BCUT2D eigenvalue weighted by molar-refractivity contribution is 0.414. The molecule has 0 aliphatic carbocycles. The first-order valence-electron chi connectivity index (χ1n) is 8.64. The molecule has 1 aromatic heterocycles. The van der Waals surface area contributed by atoms with Crippen molar-refractivity contribution in [2.45, 2.75) is 24.8 Å². The molecule has 0 amide bonds. The Bertz CT molecular complexity index is 1110. The van der Waals surface area contributed by atoms with Crippen LogP contribution in [0.25, 0.3) is 0 Å². The highest BCUT2D eigenvalue weighted by molar-refractivity contribution is 7.89. The lowest BCUT2D eigenvalue weighted by Crippen LogP contribution is -2.23. The molecular weight excluding hydrogens is 378 g/mol. The molecule has 0 radical (unpaired) electrons. The number of nitrogens with one attached hydrogen (secondary N) is 2. The summed E-state index contributed by atoms with van der Waals surface area (Å²) in [4.78, 5) is 12.0. The predicted octanol–water partition coefficient (Wildman–Crippen LogP) is 2.16. The van der Waals surface area contributed by atoms with Crippen LogP contribution in [0.3, 0.4) is 0 Å². The minimum atomic E-state index is -3.64. The van der Waals surface area contributed by atoms with Crippen LogP contribution in [0.1, 0.15) is 22.4 Å². The van der Waals surface area contributed by atoms with Crippen LogP contribution in [0.4, 0.5) is 0 Å². The molecule has 28 heavy (non-hydrogen) atoms. The van der Waals surface area contributed by atoms with E-state index in [1.165, 1.54) is 12.1 Å². The van der Waals surface area contributed by atoms with Crippen LogP contribution >= 0.6 is 0 Å². The number of aromatic amines is 1. The number of aryl methyl sites for hydroxylation is 1. The number of H-pyrrole nitrogens is 1. The van der Waals surface area contributed by atoms with Gasteiger partial charge in [0, 0.05) is 18.5 Å². The Kier molecular flexibility index (Phi) is 5.91. The Labute approximate surface area is 163 Å². The average Bonchev–Trinajstić information content (AvgIpc) is 2.70. The summed E-state index contributed by atoms with van der Waals surface area (Å²) in [5.74, 6) is 0.713. The van der Waals surface area contributed by atoms with Crippen LogP contribution < -0.4 is 15.0 Å². The van der Waals surface area contributed by atoms with Gasteiger partial charge in [0.2, 0.25) is 10.0 Å². The number of hydrogen-bond acceptors (Lipinski definition) is 5. The number of aromatic nitrogens is 2. The Balaban J connectivity index is 1.68. The quantitative estimate of drug-likeness (QED) is 0.634. The van der Waals surface area contributed by atoms with E-state index in [0.717, 1.165) is 16.8 Å². The first-order valence-corrected chi connectivity index (χ1v) is 10.1. The smallest absolute Gasteiger partial charge is 0.267 e. The van der Waals surface area contributed by atoms with E-state index in [-0.39, 0.29) is 17.0 Å². The molecule has 3 rings (SSSR count). The van der Waals surface area contributed by atoms with E-state index in [1.54, 1.807) is 56.5 Å². The summed E-state index contributed by atoms with van der Waals surface area (Å²) in [6.07, 6.45) is 0.401. The second kappa shape index (κ2) is 8.37. The largest absolute Gasteiger partial charge is 0.497 e. The molecule has 0 aliphatic rings. The molecule has 0 unspecified atom stereocenters. The number of sulfonamides is 1. The third-order valence-electron chi connectivity index (χ3n) is 4.26. The highest BCUT2D eigenvalue weighted by Gasteiger charge is 2.14. The first kappa shape index (κ1) is 19.8. The minimum Gasteiger partial charge on any atom is -0.497 e. The molecule has 0 spiro atoms. The van der Waals surface area contributed by atoms with Gasteiger partial charge in [-0.3, -0.25) is 4.79 Å². The Morgan fingerprint density at radius 3 is 2.32 bits per heavy atom. The molecular formula is C20H21N3O4S. The number of methoxy groups -OCH3 is 1. The molecule has 146 valence electrons. The first-order chi connectivity index (χ1) is 13.4. The van der Waals surface area contributed by atoms with Crippen molar-refractivity contribution < 1.29 is 13.2 Å².